The van der Waals surface area contributed by atoms with Crippen LogP contribution in [-0.4, -0.2) is 77.9 Å². The van der Waals surface area contributed by atoms with Crippen molar-refractivity contribution < 1.29 is 14.3 Å². The molecule has 1 aliphatic carbocycles. The van der Waals surface area contributed by atoms with Crippen molar-refractivity contribution in [3.8, 4) is 18.9 Å². The van der Waals surface area contributed by atoms with Crippen LogP contribution in [0.1, 0.15) is 44.2 Å². The molecule has 2 fully saturated rings. The average molecular weight is 511 g/mol. The minimum Gasteiger partial charge on any atom is -0.461 e. The molecule has 0 spiro atoms. The molecule has 198 valence electrons. The van der Waals surface area contributed by atoms with Crippen LogP contribution in [0.2, 0.25) is 0 Å². The first kappa shape index (κ1) is 28.9. The second-order valence-corrected chi connectivity index (χ2v) is 7.73. The number of rotatable bonds is 12. The van der Waals surface area contributed by atoms with Crippen LogP contribution in [0.15, 0.2) is 28.1 Å². The van der Waals surface area contributed by atoms with Gasteiger partial charge in [-0.3, -0.25) is 14.9 Å². The van der Waals surface area contributed by atoms with Gasteiger partial charge in [-0.2, -0.15) is 20.1 Å². The molecule has 1 aliphatic heterocycles. The summed E-state index contributed by atoms with van der Waals surface area (Å²) in [6.07, 6.45) is 16.3. The van der Waals surface area contributed by atoms with Crippen LogP contribution < -0.4 is 20.3 Å². The van der Waals surface area contributed by atoms with E-state index in [9.17, 15) is 4.79 Å². The Labute approximate surface area is 216 Å². The fraction of sp³-hybridized carbons (Fsp3) is 0.458. The number of carbonyl (C=O) groups excluding carboxylic acids is 1. The standard InChI is InChI=1S/C16H23N7O2.C6H9N3O.C2H2/c1-24-8-9-25-16-19-14(18-15(20-16)23-6-2-3-7-23)17-13-10-12(21-22-13)11-4-5-11;1-3-8-4-6(7-2)9-5-10;1-2/h10-11H,2-9H2,1H3,(H2,17,18,19,20,21,22);3-5H,2H2,1H3,(H,9,10);1-2H/b;6-4+,8-3?;. The molecule has 0 bridgehead atoms. The molecule has 37 heavy (non-hydrogen) atoms. The van der Waals surface area contributed by atoms with Gasteiger partial charge in [-0.1, -0.05) is 0 Å². The molecule has 0 unspecified atom stereocenters. The Morgan fingerprint density at radius 3 is 2.65 bits per heavy atom. The van der Waals surface area contributed by atoms with Gasteiger partial charge in [0.2, 0.25) is 18.3 Å². The number of carbonyl (C=O) groups is 1. The lowest BCUT2D eigenvalue weighted by atomic mass is 10.3. The lowest BCUT2D eigenvalue weighted by molar-refractivity contribution is -0.108. The predicted octanol–water partition coefficient (Wildman–Crippen LogP) is 2.41. The number of aromatic nitrogens is 5. The van der Waals surface area contributed by atoms with Crippen LogP contribution >= 0.6 is 0 Å². The Hall–Kier alpha value is -4.31. The highest BCUT2D eigenvalue weighted by Crippen LogP contribution is 2.39. The minimum atomic E-state index is 0.300. The first-order chi connectivity index (χ1) is 18.2. The molecule has 3 heterocycles. The molecule has 2 aromatic heterocycles. The van der Waals surface area contributed by atoms with Gasteiger partial charge in [0.05, 0.1) is 12.8 Å². The second-order valence-electron chi connectivity index (χ2n) is 7.73. The van der Waals surface area contributed by atoms with E-state index in [1.807, 2.05) is 6.07 Å². The number of nitrogens with one attached hydrogen (secondary N) is 3. The summed E-state index contributed by atoms with van der Waals surface area (Å²) in [6.45, 7) is 7.77. The van der Waals surface area contributed by atoms with Gasteiger partial charge in [-0.15, -0.1) is 12.8 Å². The summed E-state index contributed by atoms with van der Waals surface area (Å²) in [7, 11) is 1.63. The van der Waals surface area contributed by atoms with E-state index in [1.54, 1.807) is 20.2 Å². The number of amides is 1. The number of aromatic amines is 1. The normalized spacial score (nSPS) is 14.7. The Kier molecular flexibility index (Phi) is 12.8. The second kappa shape index (κ2) is 16.4. The van der Waals surface area contributed by atoms with Gasteiger partial charge in [-0.05, 0) is 39.3 Å². The highest BCUT2D eigenvalue weighted by molar-refractivity contribution is 5.55. The summed E-state index contributed by atoms with van der Waals surface area (Å²) in [5, 5.41) is 12.8. The fourth-order valence-corrected chi connectivity index (χ4v) is 3.19. The summed E-state index contributed by atoms with van der Waals surface area (Å²) in [4.78, 5) is 32.5. The van der Waals surface area contributed by atoms with Crippen LogP contribution in [0.3, 0.4) is 0 Å². The molecule has 1 amide bonds. The number of H-pyrrole nitrogens is 1. The maximum atomic E-state index is 9.85. The van der Waals surface area contributed by atoms with Crippen molar-refractivity contribution in [2.24, 2.45) is 9.98 Å². The quantitative estimate of drug-likeness (QED) is 0.169. The number of hydrogen-bond donors (Lipinski definition) is 3. The molecular weight excluding hydrogens is 476 g/mol. The van der Waals surface area contributed by atoms with Crippen LogP contribution in [-0.2, 0) is 9.53 Å². The topological polar surface area (TPSA) is 155 Å². The Bertz CT molecular complexity index is 1060. The van der Waals surface area contributed by atoms with Crippen LogP contribution in [0.5, 0.6) is 6.01 Å². The number of terminal acetylenes is 1. The van der Waals surface area contributed by atoms with E-state index in [1.165, 1.54) is 19.0 Å². The molecule has 2 aromatic rings. The minimum absolute atomic E-state index is 0.300. The van der Waals surface area contributed by atoms with E-state index < -0.39 is 0 Å². The highest BCUT2D eigenvalue weighted by Gasteiger charge is 2.26. The van der Waals surface area contributed by atoms with Gasteiger partial charge in [0.1, 0.15) is 12.4 Å². The van der Waals surface area contributed by atoms with Crippen LogP contribution in [0, 0.1) is 12.8 Å². The zero-order valence-corrected chi connectivity index (χ0v) is 21.3. The van der Waals surface area contributed by atoms with Crippen molar-refractivity contribution in [1.29, 1.82) is 0 Å². The number of aliphatic imine (C=N–C) groups is 2. The van der Waals surface area contributed by atoms with E-state index in [0.717, 1.165) is 31.6 Å². The van der Waals surface area contributed by atoms with Gasteiger partial charge < -0.3 is 25.0 Å². The molecule has 1 saturated carbocycles. The molecule has 13 heteroatoms. The maximum Gasteiger partial charge on any atom is 0.323 e. The van der Waals surface area contributed by atoms with Crippen molar-refractivity contribution in [2.75, 3.05) is 43.6 Å². The Morgan fingerprint density at radius 1 is 1.27 bits per heavy atom. The molecule has 2 aliphatic rings. The van der Waals surface area contributed by atoms with E-state index in [4.69, 9.17) is 9.47 Å². The lowest BCUT2D eigenvalue weighted by Crippen LogP contribution is -2.22. The maximum absolute atomic E-state index is 9.85. The van der Waals surface area contributed by atoms with Crippen molar-refractivity contribution in [2.45, 2.75) is 38.5 Å². The molecule has 3 N–H and O–H groups in total. The summed E-state index contributed by atoms with van der Waals surface area (Å²) in [5.41, 5.74) is 1.16. The smallest absolute Gasteiger partial charge is 0.323 e. The summed E-state index contributed by atoms with van der Waals surface area (Å²) < 4.78 is 10.6. The summed E-state index contributed by atoms with van der Waals surface area (Å²) in [5.74, 6) is 2.75. The molecule has 4 rings (SSSR count). The molecule has 1 saturated heterocycles. The van der Waals surface area contributed by atoms with E-state index in [2.05, 4.69) is 70.2 Å². The number of methoxy groups -OCH3 is 1. The molecule has 0 atom stereocenters. The Balaban J connectivity index is 0.000000341. The van der Waals surface area contributed by atoms with Gasteiger partial charge >= 0.3 is 6.01 Å². The van der Waals surface area contributed by atoms with Crippen molar-refractivity contribution >= 4 is 37.1 Å². The van der Waals surface area contributed by atoms with E-state index in [-0.39, 0.29) is 0 Å². The van der Waals surface area contributed by atoms with Crippen LogP contribution in [0.4, 0.5) is 17.7 Å². The van der Waals surface area contributed by atoms with Crippen molar-refractivity contribution in [3.63, 3.8) is 0 Å². The van der Waals surface area contributed by atoms with Crippen molar-refractivity contribution in [1.82, 2.24) is 30.5 Å². The number of anilines is 3. The number of ether oxygens (including phenoxy) is 2. The first-order valence-electron chi connectivity index (χ1n) is 11.8. The van der Waals surface area contributed by atoms with E-state index in [0.29, 0.717) is 55.1 Å². The van der Waals surface area contributed by atoms with Gasteiger partial charge in [0, 0.05) is 44.1 Å². The SMILES string of the molecule is C#C.C=N/C(=C\N=CC)NC=O.COCCOc1nc(Nc2cc(C3CC3)[nH]n2)nc(N2CCCC2)n1. The number of hydrogen-bond acceptors (Lipinski definition) is 11. The zero-order valence-electron chi connectivity index (χ0n) is 21.3. The molecule has 0 aromatic carbocycles. The first-order valence-corrected chi connectivity index (χ1v) is 11.8. The monoisotopic (exact) mass is 510 g/mol. The fourth-order valence-electron chi connectivity index (χ4n) is 3.19. The third-order valence-electron chi connectivity index (χ3n) is 5.09. The Morgan fingerprint density at radius 2 is 2.03 bits per heavy atom. The highest BCUT2D eigenvalue weighted by atomic mass is 16.5. The predicted molar refractivity (Wildman–Crippen MR) is 143 cm³/mol. The van der Waals surface area contributed by atoms with E-state index >= 15 is 0 Å². The van der Waals surface area contributed by atoms with Gasteiger partial charge in [0.15, 0.2) is 5.82 Å². The lowest BCUT2D eigenvalue weighted by Gasteiger charge is -2.16. The van der Waals surface area contributed by atoms with Crippen LogP contribution in [0.25, 0.3) is 0 Å². The zero-order chi connectivity index (χ0) is 26.9. The summed E-state index contributed by atoms with van der Waals surface area (Å²) in [6, 6.07) is 2.32. The average Bonchev–Trinajstić information content (AvgIpc) is 3.42. The third kappa shape index (κ3) is 10.1. The molecule has 0 radical (unpaired) electrons. The third-order valence-corrected chi connectivity index (χ3v) is 5.09. The van der Waals surface area contributed by atoms with Gasteiger partial charge in [0.25, 0.3) is 0 Å². The van der Waals surface area contributed by atoms with Gasteiger partial charge in [-0.25, -0.2) is 4.99 Å². The number of nitrogens with zero attached hydrogens (tertiary/aromatic N) is 7. The molecule has 13 nitrogen and oxygen atoms in total. The van der Waals surface area contributed by atoms with Crippen molar-refractivity contribution in [3.05, 3.63) is 23.8 Å². The largest absolute Gasteiger partial charge is 0.461 e. The summed E-state index contributed by atoms with van der Waals surface area (Å²) >= 11 is 0. The molecular formula is C24H34N10O3.